The molecule has 0 unspecified atom stereocenters. The molecule has 0 saturated carbocycles. The molecule has 1 aromatic heterocycles. The van der Waals surface area contributed by atoms with Gasteiger partial charge in [-0.05, 0) is 25.1 Å². The number of alkyl halides is 3. The molecule has 0 saturated heterocycles. The summed E-state index contributed by atoms with van der Waals surface area (Å²) in [6.07, 6.45) is -3.65. The van der Waals surface area contributed by atoms with Gasteiger partial charge >= 0.3 is 18.1 Å². The lowest BCUT2D eigenvalue weighted by Gasteiger charge is -2.09. The number of benzene rings is 2. The first-order valence-electron chi connectivity index (χ1n) is 8.67. The number of phenolic OH excluding ortho intramolecular Hbond substituents is 1. The summed E-state index contributed by atoms with van der Waals surface area (Å²) < 4.78 is 41.9. The van der Waals surface area contributed by atoms with Gasteiger partial charge < -0.3 is 19.7 Å². The van der Waals surface area contributed by atoms with Crippen LogP contribution in [0.3, 0.4) is 0 Å². The smallest absolute Gasteiger partial charge is 0.490 e. The summed E-state index contributed by atoms with van der Waals surface area (Å²) in [5.74, 6) is -2.75. The van der Waals surface area contributed by atoms with Gasteiger partial charge in [0.1, 0.15) is 6.33 Å². The van der Waals surface area contributed by atoms with Crippen LogP contribution in [0.2, 0.25) is 0 Å². The summed E-state index contributed by atoms with van der Waals surface area (Å²) in [4.78, 5) is 29.1. The van der Waals surface area contributed by atoms with E-state index in [1.807, 2.05) is 0 Å². The maximum absolute atomic E-state index is 11.7. The van der Waals surface area contributed by atoms with E-state index in [1.165, 1.54) is 19.5 Å². The fourth-order valence-corrected chi connectivity index (χ4v) is 2.44. The molecule has 0 fully saturated rings. The number of carbonyl (C=O) groups excluding carboxylic acids is 1. The second-order valence-electron chi connectivity index (χ2n) is 5.86. The Morgan fingerprint density at radius 3 is 2.23 bits per heavy atom. The predicted octanol–water partition coefficient (Wildman–Crippen LogP) is 3.82. The van der Waals surface area contributed by atoms with Crippen molar-refractivity contribution in [1.82, 2.24) is 9.97 Å². The van der Waals surface area contributed by atoms with Crippen molar-refractivity contribution < 1.29 is 42.4 Å². The van der Waals surface area contributed by atoms with E-state index in [4.69, 9.17) is 19.4 Å². The summed E-state index contributed by atoms with van der Waals surface area (Å²) in [6, 6.07) is 10.2. The van der Waals surface area contributed by atoms with Crippen LogP contribution >= 0.6 is 0 Å². The van der Waals surface area contributed by atoms with Gasteiger partial charge in [-0.3, -0.25) is 0 Å². The minimum Gasteiger partial charge on any atom is -0.504 e. The fourth-order valence-electron chi connectivity index (χ4n) is 2.44. The number of esters is 1. The number of carboxylic acids is 1. The average Bonchev–Trinajstić information content (AvgIpc) is 2.73. The van der Waals surface area contributed by atoms with Gasteiger partial charge in [0.2, 0.25) is 0 Å². The Hall–Kier alpha value is -3.89. The van der Waals surface area contributed by atoms with Crippen LogP contribution in [0.4, 0.5) is 13.2 Å². The van der Waals surface area contributed by atoms with Gasteiger partial charge in [0.05, 0.1) is 30.5 Å². The number of hydrogen-bond acceptors (Lipinski definition) is 7. The second-order valence-corrected chi connectivity index (χ2v) is 5.86. The van der Waals surface area contributed by atoms with E-state index >= 15 is 0 Å². The molecular weight excluding hydrogens is 421 g/mol. The third kappa shape index (κ3) is 5.81. The number of ether oxygens (including phenoxy) is 2. The van der Waals surface area contributed by atoms with Crippen LogP contribution < -0.4 is 4.74 Å². The molecule has 11 heteroatoms. The van der Waals surface area contributed by atoms with Crippen molar-refractivity contribution >= 4 is 22.8 Å². The molecule has 164 valence electrons. The van der Waals surface area contributed by atoms with E-state index in [0.717, 1.165) is 10.9 Å². The van der Waals surface area contributed by atoms with E-state index in [1.54, 1.807) is 37.3 Å². The van der Waals surface area contributed by atoms with E-state index in [0.29, 0.717) is 29.1 Å². The van der Waals surface area contributed by atoms with Crippen LogP contribution in [0.15, 0.2) is 42.7 Å². The van der Waals surface area contributed by atoms with Crippen LogP contribution in [-0.2, 0) is 9.53 Å². The van der Waals surface area contributed by atoms with Crippen molar-refractivity contribution in [3.05, 3.63) is 48.3 Å². The maximum Gasteiger partial charge on any atom is 0.490 e. The lowest BCUT2D eigenvalue weighted by atomic mass is 10.0. The number of methoxy groups -OCH3 is 1. The molecule has 0 amide bonds. The van der Waals surface area contributed by atoms with Crippen molar-refractivity contribution in [2.75, 3.05) is 13.7 Å². The number of carboxylic acid groups (broad SMARTS) is 1. The van der Waals surface area contributed by atoms with Crippen molar-refractivity contribution in [2.24, 2.45) is 0 Å². The number of halogens is 3. The number of fused-ring (bicyclic) bond motifs is 1. The van der Waals surface area contributed by atoms with Crippen LogP contribution in [-0.4, -0.2) is 52.0 Å². The van der Waals surface area contributed by atoms with Crippen LogP contribution in [0.1, 0.15) is 17.3 Å². The summed E-state index contributed by atoms with van der Waals surface area (Å²) in [5, 5.41) is 17.8. The van der Waals surface area contributed by atoms with Crippen molar-refractivity contribution in [2.45, 2.75) is 13.1 Å². The highest BCUT2D eigenvalue weighted by atomic mass is 19.4. The van der Waals surface area contributed by atoms with E-state index in [9.17, 15) is 23.1 Å². The van der Waals surface area contributed by atoms with Gasteiger partial charge in [-0.2, -0.15) is 13.2 Å². The molecule has 0 bridgehead atoms. The SMILES string of the molecule is CCOC(=O)c1ccc(-c2ncnc3cc(O)c(OC)cc23)cc1.O=C(O)C(F)(F)F. The molecule has 0 radical (unpaired) electrons. The summed E-state index contributed by atoms with van der Waals surface area (Å²) in [7, 11) is 1.48. The second kappa shape index (κ2) is 9.74. The molecule has 0 aliphatic carbocycles. The number of hydrogen-bond donors (Lipinski definition) is 2. The Morgan fingerprint density at radius 2 is 1.71 bits per heavy atom. The lowest BCUT2D eigenvalue weighted by molar-refractivity contribution is -0.192. The number of aliphatic carboxylic acids is 1. The number of rotatable bonds is 4. The molecule has 0 spiro atoms. The first-order chi connectivity index (χ1) is 14.6. The highest BCUT2D eigenvalue weighted by molar-refractivity contribution is 5.95. The monoisotopic (exact) mass is 438 g/mol. The first-order valence-corrected chi connectivity index (χ1v) is 8.67. The predicted molar refractivity (Wildman–Crippen MR) is 103 cm³/mol. The molecule has 3 rings (SSSR count). The molecule has 0 atom stereocenters. The first kappa shape index (κ1) is 23.4. The molecule has 8 nitrogen and oxygen atoms in total. The molecule has 0 aliphatic heterocycles. The number of phenols is 1. The largest absolute Gasteiger partial charge is 0.504 e. The summed E-state index contributed by atoms with van der Waals surface area (Å²) in [5.41, 5.74) is 2.60. The number of aromatic hydroxyl groups is 1. The quantitative estimate of drug-likeness (QED) is 0.590. The molecule has 3 aromatic rings. The Kier molecular flexibility index (Phi) is 7.35. The Labute approximate surface area is 173 Å². The van der Waals surface area contributed by atoms with Crippen LogP contribution in [0, 0.1) is 0 Å². The molecule has 2 N–H and O–H groups in total. The Morgan fingerprint density at radius 1 is 1.10 bits per heavy atom. The van der Waals surface area contributed by atoms with Crippen LogP contribution in [0.25, 0.3) is 22.2 Å². The van der Waals surface area contributed by atoms with E-state index in [-0.39, 0.29) is 11.7 Å². The standard InChI is InChI=1S/C18H16N2O4.C2HF3O2/c1-3-24-18(22)12-6-4-11(5-7-12)17-13-8-16(23-2)15(21)9-14(13)19-10-20-17;3-2(4,5)1(6)7/h4-10,21H,3H2,1-2H3;(H,6,7). The molecule has 2 aromatic carbocycles. The highest BCUT2D eigenvalue weighted by Gasteiger charge is 2.38. The third-order valence-corrected chi connectivity index (χ3v) is 3.85. The normalized spacial score (nSPS) is 10.7. The zero-order chi connectivity index (χ0) is 23.2. The minimum absolute atomic E-state index is 0.0207. The fraction of sp³-hybridized carbons (Fsp3) is 0.200. The highest BCUT2D eigenvalue weighted by Crippen LogP contribution is 2.34. The van der Waals surface area contributed by atoms with Gasteiger partial charge in [0, 0.05) is 17.0 Å². The zero-order valence-corrected chi connectivity index (χ0v) is 16.3. The topological polar surface area (TPSA) is 119 Å². The number of nitrogens with zero attached hydrogens (tertiary/aromatic N) is 2. The number of aromatic nitrogens is 2. The van der Waals surface area contributed by atoms with Gasteiger partial charge in [0.15, 0.2) is 11.5 Å². The summed E-state index contributed by atoms with van der Waals surface area (Å²) in [6.45, 7) is 2.10. The minimum atomic E-state index is -5.08. The molecule has 31 heavy (non-hydrogen) atoms. The lowest BCUT2D eigenvalue weighted by Crippen LogP contribution is -2.21. The van der Waals surface area contributed by atoms with E-state index < -0.39 is 12.1 Å². The average molecular weight is 438 g/mol. The summed E-state index contributed by atoms with van der Waals surface area (Å²) >= 11 is 0. The van der Waals surface area contributed by atoms with Crippen molar-refractivity contribution in [3.63, 3.8) is 0 Å². The van der Waals surface area contributed by atoms with Crippen molar-refractivity contribution in [3.8, 4) is 22.8 Å². The Balaban J connectivity index is 0.000000423. The third-order valence-electron chi connectivity index (χ3n) is 3.85. The Bertz CT molecular complexity index is 1080. The number of carbonyl (C=O) groups is 2. The maximum atomic E-state index is 11.7. The zero-order valence-electron chi connectivity index (χ0n) is 16.3. The van der Waals surface area contributed by atoms with E-state index in [2.05, 4.69) is 9.97 Å². The van der Waals surface area contributed by atoms with Gasteiger partial charge in [0.25, 0.3) is 0 Å². The van der Waals surface area contributed by atoms with Crippen LogP contribution in [0.5, 0.6) is 11.5 Å². The molecular formula is C20H17F3N2O6. The van der Waals surface area contributed by atoms with Gasteiger partial charge in [-0.15, -0.1) is 0 Å². The van der Waals surface area contributed by atoms with Crippen molar-refractivity contribution in [1.29, 1.82) is 0 Å². The molecule has 1 heterocycles. The van der Waals surface area contributed by atoms with Gasteiger partial charge in [-0.1, -0.05) is 12.1 Å². The molecule has 0 aliphatic rings. The van der Waals surface area contributed by atoms with Gasteiger partial charge in [-0.25, -0.2) is 19.6 Å².